The number of carbonyl (C=O) groups excluding carboxylic acids is 1. The molecule has 0 unspecified atom stereocenters. The van der Waals surface area contributed by atoms with Gasteiger partial charge < -0.3 is 10.1 Å². The van der Waals surface area contributed by atoms with Gasteiger partial charge in [0, 0.05) is 17.5 Å². The molecule has 0 atom stereocenters. The summed E-state index contributed by atoms with van der Waals surface area (Å²) >= 11 is 5.14. The third-order valence-electron chi connectivity index (χ3n) is 4.23. The van der Waals surface area contributed by atoms with E-state index in [-0.39, 0.29) is 15.9 Å². The maximum atomic E-state index is 12.6. The second kappa shape index (κ2) is 10.6. The highest BCUT2D eigenvalue weighted by molar-refractivity contribution is 7.92. The molecule has 0 saturated heterocycles. The lowest BCUT2D eigenvalue weighted by atomic mass is 10.2. The maximum Gasteiger partial charge on any atom is 0.261 e. The largest absolute Gasteiger partial charge is 0.497 e. The van der Waals surface area contributed by atoms with Gasteiger partial charge in [0.05, 0.1) is 12.0 Å². The van der Waals surface area contributed by atoms with Gasteiger partial charge in [-0.1, -0.05) is 30.3 Å². The summed E-state index contributed by atoms with van der Waals surface area (Å²) < 4.78 is 32.7. The quantitative estimate of drug-likeness (QED) is 0.359. The van der Waals surface area contributed by atoms with Crippen LogP contribution in [0.25, 0.3) is 6.08 Å². The summed E-state index contributed by atoms with van der Waals surface area (Å²) in [6, 6.07) is 21.9. The molecule has 3 rings (SSSR count). The Morgan fingerprint density at radius 1 is 0.906 bits per heavy atom. The molecule has 0 saturated carbocycles. The number of nitrogens with one attached hydrogen (secondary N) is 3. The van der Waals surface area contributed by atoms with E-state index in [4.69, 9.17) is 17.0 Å². The first-order valence-corrected chi connectivity index (χ1v) is 11.4. The Hall–Kier alpha value is -3.69. The predicted molar refractivity (Wildman–Crippen MR) is 130 cm³/mol. The molecule has 3 aromatic carbocycles. The zero-order chi connectivity index (χ0) is 23.0. The predicted octanol–water partition coefficient (Wildman–Crippen LogP) is 4.02. The van der Waals surface area contributed by atoms with E-state index in [1.807, 2.05) is 30.3 Å². The van der Waals surface area contributed by atoms with Crippen molar-refractivity contribution in [2.45, 2.75) is 4.90 Å². The van der Waals surface area contributed by atoms with Crippen LogP contribution in [0.2, 0.25) is 0 Å². The number of rotatable bonds is 7. The normalized spacial score (nSPS) is 11.0. The number of amides is 1. The number of thiocarbonyl (C=S) groups is 1. The van der Waals surface area contributed by atoms with Gasteiger partial charge in [-0.2, -0.15) is 0 Å². The molecule has 0 spiro atoms. The number of hydrogen-bond acceptors (Lipinski definition) is 5. The number of methoxy groups -OCH3 is 1. The van der Waals surface area contributed by atoms with Gasteiger partial charge in [0.15, 0.2) is 5.11 Å². The van der Waals surface area contributed by atoms with Gasteiger partial charge in [-0.15, -0.1) is 0 Å². The molecule has 164 valence electrons. The first kappa shape index (κ1) is 23.0. The van der Waals surface area contributed by atoms with E-state index in [0.29, 0.717) is 17.1 Å². The van der Waals surface area contributed by atoms with E-state index in [0.717, 1.165) is 5.56 Å². The van der Waals surface area contributed by atoms with Crippen LogP contribution in [0.5, 0.6) is 5.75 Å². The fourth-order valence-electron chi connectivity index (χ4n) is 2.64. The van der Waals surface area contributed by atoms with Crippen molar-refractivity contribution in [3.05, 3.63) is 90.5 Å². The molecule has 0 heterocycles. The number of ether oxygens (including phenoxy) is 1. The number of anilines is 2. The minimum Gasteiger partial charge on any atom is -0.497 e. The molecule has 7 nitrogen and oxygen atoms in total. The number of hydrogen-bond donors (Lipinski definition) is 3. The van der Waals surface area contributed by atoms with Crippen LogP contribution in [0, 0.1) is 0 Å². The molecule has 0 aliphatic carbocycles. The summed E-state index contributed by atoms with van der Waals surface area (Å²) in [5, 5.41) is 5.48. The highest BCUT2D eigenvalue weighted by atomic mass is 32.2. The summed E-state index contributed by atoms with van der Waals surface area (Å²) in [6.45, 7) is 0. The van der Waals surface area contributed by atoms with Crippen molar-refractivity contribution in [3.8, 4) is 5.75 Å². The van der Waals surface area contributed by atoms with Gasteiger partial charge in [-0.3, -0.25) is 14.8 Å². The van der Waals surface area contributed by atoms with Crippen LogP contribution in [0.4, 0.5) is 11.4 Å². The van der Waals surface area contributed by atoms with E-state index in [1.165, 1.54) is 25.3 Å². The second-order valence-corrected chi connectivity index (χ2v) is 8.64. The minimum atomic E-state index is -3.76. The lowest BCUT2D eigenvalue weighted by Crippen LogP contribution is -2.32. The third-order valence-corrected chi connectivity index (χ3v) is 5.83. The molecular weight excluding hydrogens is 446 g/mol. The summed E-state index contributed by atoms with van der Waals surface area (Å²) in [5.74, 6) is 0.247. The van der Waals surface area contributed by atoms with E-state index in [9.17, 15) is 13.2 Å². The molecule has 3 N–H and O–H groups in total. The molecule has 9 heteroatoms. The average Bonchev–Trinajstić information content (AvgIpc) is 2.79. The van der Waals surface area contributed by atoms with Crippen LogP contribution in [-0.4, -0.2) is 26.5 Å². The van der Waals surface area contributed by atoms with E-state index >= 15 is 0 Å². The summed E-state index contributed by atoms with van der Waals surface area (Å²) in [4.78, 5) is 12.1. The molecule has 0 aliphatic rings. The van der Waals surface area contributed by atoms with Crippen LogP contribution in [0.15, 0.2) is 89.8 Å². The molecule has 0 fully saturated rings. The first-order valence-electron chi connectivity index (χ1n) is 9.48. The molecule has 3 aromatic rings. The van der Waals surface area contributed by atoms with Gasteiger partial charge in [0.25, 0.3) is 10.0 Å². The summed E-state index contributed by atoms with van der Waals surface area (Å²) in [7, 11) is -2.23. The Balaban J connectivity index is 1.56. The molecule has 0 radical (unpaired) electrons. The molecule has 0 aliphatic heterocycles. The van der Waals surface area contributed by atoms with Crippen molar-refractivity contribution in [2.24, 2.45) is 0 Å². The van der Waals surface area contributed by atoms with E-state index < -0.39 is 10.0 Å². The van der Waals surface area contributed by atoms with Gasteiger partial charge >= 0.3 is 0 Å². The van der Waals surface area contributed by atoms with Crippen LogP contribution in [-0.2, 0) is 14.8 Å². The second-order valence-electron chi connectivity index (χ2n) is 6.55. The van der Waals surface area contributed by atoms with Crippen molar-refractivity contribution < 1.29 is 17.9 Å². The van der Waals surface area contributed by atoms with Crippen molar-refractivity contribution >= 4 is 50.7 Å². The first-order chi connectivity index (χ1) is 15.4. The van der Waals surface area contributed by atoms with Gasteiger partial charge in [0.2, 0.25) is 5.91 Å². The van der Waals surface area contributed by atoms with Gasteiger partial charge in [-0.25, -0.2) is 8.42 Å². The molecule has 0 bridgehead atoms. The monoisotopic (exact) mass is 467 g/mol. The Morgan fingerprint density at radius 3 is 2.16 bits per heavy atom. The van der Waals surface area contributed by atoms with Gasteiger partial charge in [0.1, 0.15) is 5.75 Å². The topological polar surface area (TPSA) is 96.5 Å². The van der Waals surface area contributed by atoms with Crippen molar-refractivity contribution in [1.82, 2.24) is 5.32 Å². The lowest BCUT2D eigenvalue weighted by molar-refractivity contribution is -0.115. The van der Waals surface area contributed by atoms with Crippen LogP contribution < -0.4 is 20.1 Å². The lowest BCUT2D eigenvalue weighted by Gasteiger charge is -2.11. The van der Waals surface area contributed by atoms with Crippen molar-refractivity contribution in [2.75, 3.05) is 17.1 Å². The Labute approximate surface area is 192 Å². The van der Waals surface area contributed by atoms with E-state index in [2.05, 4.69) is 15.4 Å². The standard InChI is InChI=1S/C23H21N3O4S2/c1-30-20-12-8-19(9-13-20)26-32(28,29)21-14-10-18(11-15-21)24-23(31)25-22(27)16-7-17-5-3-2-4-6-17/h2-16,26H,1H3,(H2,24,25,27,31)/b16-7+. The zero-order valence-electron chi connectivity index (χ0n) is 17.1. The van der Waals surface area contributed by atoms with Crippen molar-refractivity contribution in [1.29, 1.82) is 0 Å². The highest BCUT2D eigenvalue weighted by Crippen LogP contribution is 2.20. The third kappa shape index (κ3) is 6.66. The zero-order valence-corrected chi connectivity index (χ0v) is 18.7. The molecular formula is C23H21N3O4S2. The Bertz CT molecular complexity index is 1210. The highest BCUT2D eigenvalue weighted by Gasteiger charge is 2.14. The molecule has 32 heavy (non-hydrogen) atoms. The molecule has 0 aromatic heterocycles. The van der Waals surface area contributed by atoms with Crippen LogP contribution in [0.3, 0.4) is 0 Å². The van der Waals surface area contributed by atoms with Crippen LogP contribution in [0.1, 0.15) is 5.56 Å². The molecule has 1 amide bonds. The van der Waals surface area contributed by atoms with Gasteiger partial charge in [-0.05, 0) is 72.4 Å². The van der Waals surface area contributed by atoms with Crippen molar-refractivity contribution in [3.63, 3.8) is 0 Å². The van der Waals surface area contributed by atoms with Crippen LogP contribution >= 0.6 is 12.2 Å². The average molecular weight is 468 g/mol. The number of sulfonamides is 1. The number of carbonyl (C=O) groups is 1. The Morgan fingerprint density at radius 2 is 1.53 bits per heavy atom. The fraction of sp³-hybridized carbons (Fsp3) is 0.0435. The summed E-state index contributed by atoms with van der Waals surface area (Å²) in [5.41, 5.74) is 1.84. The SMILES string of the molecule is COc1ccc(NS(=O)(=O)c2ccc(NC(=S)NC(=O)/C=C/c3ccccc3)cc2)cc1. The fourth-order valence-corrected chi connectivity index (χ4v) is 3.92. The van der Waals surface area contributed by atoms with E-state index in [1.54, 1.807) is 42.5 Å². The maximum absolute atomic E-state index is 12.6. The minimum absolute atomic E-state index is 0.0830. The smallest absolute Gasteiger partial charge is 0.261 e. The Kier molecular flexibility index (Phi) is 7.58. The summed E-state index contributed by atoms with van der Waals surface area (Å²) in [6.07, 6.45) is 3.05. The number of benzene rings is 3.